The van der Waals surface area contributed by atoms with Crippen molar-refractivity contribution in [2.24, 2.45) is 5.41 Å². The van der Waals surface area contributed by atoms with Gasteiger partial charge in [-0.1, -0.05) is 44.5 Å². The second kappa shape index (κ2) is 9.32. The molecule has 0 bridgehead atoms. The van der Waals surface area contributed by atoms with E-state index in [1.165, 1.54) is 30.0 Å². The Morgan fingerprint density at radius 2 is 1.82 bits per heavy atom. The summed E-state index contributed by atoms with van der Waals surface area (Å²) >= 11 is 6.25. The number of hydrogen-bond acceptors (Lipinski definition) is 4. The van der Waals surface area contributed by atoms with Crippen LogP contribution in [0.1, 0.15) is 39.7 Å². The van der Waals surface area contributed by atoms with Crippen LogP contribution in [-0.4, -0.2) is 24.3 Å². The Kier molecular flexibility index (Phi) is 7.02. The number of carbonyl (C=O) groups excluding carboxylic acids is 2. The van der Waals surface area contributed by atoms with Crippen LogP contribution in [0.15, 0.2) is 30.3 Å². The fourth-order valence-electron chi connectivity index (χ4n) is 3.39. The van der Waals surface area contributed by atoms with E-state index in [1.54, 1.807) is 0 Å². The van der Waals surface area contributed by atoms with Crippen molar-refractivity contribution in [1.82, 2.24) is 0 Å². The van der Waals surface area contributed by atoms with Gasteiger partial charge in [-0.2, -0.15) is 0 Å². The highest BCUT2D eigenvalue weighted by atomic mass is 35.5. The molecule has 1 aliphatic rings. The van der Waals surface area contributed by atoms with Gasteiger partial charge in [0.1, 0.15) is 5.75 Å². The Bertz CT molecular complexity index is 1100. The van der Waals surface area contributed by atoms with Crippen molar-refractivity contribution in [2.75, 3.05) is 10.2 Å². The van der Waals surface area contributed by atoms with E-state index in [-0.39, 0.29) is 40.5 Å². The van der Waals surface area contributed by atoms with Gasteiger partial charge >= 0.3 is 6.36 Å². The maximum absolute atomic E-state index is 15.3. The molecule has 34 heavy (non-hydrogen) atoms. The predicted octanol–water partition coefficient (Wildman–Crippen LogP) is 6.07. The SMILES string of the molecule is CC1Oc2c(cc(Cl)c(NC(=O)CC(C)(C)C)c2F)N(Cc2ccc(OC(F)(F)F)cc2)C1=O. The summed E-state index contributed by atoms with van der Waals surface area (Å²) in [5.74, 6) is -2.54. The average molecular weight is 503 g/mol. The van der Waals surface area contributed by atoms with Gasteiger partial charge in [-0.05, 0) is 36.1 Å². The third-order valence-electron chi connectivity index (χ3n) is 4.81. The Balaban J connectivity index is 1.91. The number of halogens is 5. The number of fused-ring (bicyclic) bond motifs is 1. The lowest BCUT2D eigenvalue weighted by Crippen LogP contribution is -2.44. The normalized spacial score (nSPS) is 16.1. The molecule has 0 spiro atoms. The minimum absolute atomic E-state index is 0.0371. The first-order valence-electron chi connectivity index (χ1n) is 10.3. The van der Waals surface area contributed by atoms with Crippen molar-refractivity contribution < 1.29 is 36.6 Å². The fourth-order valence-corrected chi connectivity index (χ4v) is 3.62. The zero-order valence-electron chi connectivity index (χ0n) is 18.8. The zero-order chi connectivity index (χ0) is 25.4. The molecule has 6 nitrogen and oxygen atoms in total. The standard InChI is InChI=1S/C23H23ClF4N2O4/c1-12-21(32)30(11-13-5-7-14(8-6-13)34-23(26,27)28)16-9-15(24)19(18(25)20(16)33-12)29-17(31)10-22(2,3)4/h5-9,12H,10-11H2,1-4H3,(H,29,31). The highest BCUT2D eigenvalue weighted by Crippen LogP contribution is 2.44. The molecule has 1 N–H and O–H groups in total. The molecule has 11 heteroatoms. The minimum Gasteiger partial charge on any atom is -0.476 e. The van der Waals surface area contributed by atoms with Crippen LogP contribution in [0.4, 0.5) is 28.9 Å². The monoisotopic (exact) mass is 502 g/mol. The van der Waals surface area contributed by atoms with Gasteiger partial charge in [-0.3, -0.25) is 9.59 Å². The Hall–Kier alpha value is -3.01. The highest BCUT2D eigenvalue weighted by molar-refractivity contribution is 6.34. The number of hydrogen-bond donors (Lipinski definition) is 1. The Labute approximate surface area is 198 Å². The molecular formula is C23H23ClF4N2O4. The van der Waals surface area contributed by atoms with Crippen LogP contribution in [0, 0.1) is 11.2 Å². The summed E-state index contributed by atoms with van der Waals surface area (Å²) in [7, 11) is 0. The van der Waals surface area contributed by atoms with Crippen LogP contribution in [0.3, 0.4) is 0 Å². The van der Waals surface area contributed by atoms with E-state index in [0.717, 1.165) is 12.1 Å². The molecule has 3 rings (SSSR count). The van der Waals surface area contributed by atoms with Crippen LogP contribution >= 0.6 is 11.6 Å². The third kappa shape index (κ3) is 6.11. The second-order valence-electron chi connectivity index (χ2n) is 9.06. The molecule has 0 saturated carbocycles. The van der Waals surface area contributed by atoms with Gasteiger partial charge in [0.25, 0.3) is 5.91 Å². The van der Waals surface area contributed by atoms with E-state index in [0.29, 0.717) is 5.56 Å². The first-order chi connectivity index (χ1) is 15.6. The van der Waals surface area contributed by atoms with Crippen molar-refractivity contribution in [2.45, 2.75) is 53.1 Å². The molecule has 184 valence electrons. The van der Waals surface area contributed by atoms with Crippen LogP contribution in [0.25, 0.3) is 0 Å². The number of ether oxygens (including phenoxy) is 2. The van der Waals surface area contributed by atoms with Crippen LogP contribution in [-0.2, 0) is 16.1 Å². The van der Waals surface area contributed by atoms with Crippen LogP contribution in [0.2, 0.25) is 5.02 Å². The average Bonchev–Trinajstić information content (AvgIpc) is 2.68. The molecule has 1 unspecified atom stereocenters. The number of carbonyl (C=O) groups is 2. The topological polar surface area (TPSA) is 67.9 Å². The smallest absolute Gasteiger partial charge is 0.476 e. The first kappa shape index (κ1) is 25.6. The van der Waals surface area contributed by atoms with Gasteiger partial charge in [0.15, 0.2) is 17.7 Å². The predicted molar refractivity (Wildman–Crippen MR) is 119 cm³/mol. The van der Waals surface area contributed by atoms with E-state index >= 15 is 4.39 Å². The molecule has 2 amide bonds. The lowest BCUT2D eigenvalue weighted by molar-refractivity contribution is -0.274. The number of nitrogens with zero attached hydrogens (tertiary/aromatic N) is 1. The second-order valence-corrected chi connectivity index (χ2v) is 9.46. The van der Waals surface area contributed by atoms with E-state index in [2.05, 4.69) is 10.1 Å². The van der Waals surface area contributed by atoms with Crippen molar-refractivity contribution in [3.8, 4) is 11.5 Å². The van der Waals surface area contributed by atoms with Gasteiger partial charge < -0.3 is 19.7 Å². The number of rotatable bonds is 5. The fraction of sp³-hybridized carbons (Fsp3) is 0.391. The number of nitrogens with one attached hydrogen (secondary N) is 1. The quantitative estimate of drug-likeness (QED) is 0.504. The summed E-state index contributed by atoms with van der Waals surface area (Å²) in [5, 5.41) is 2.33. The largest absolute Gasteiger partial charge is 0.573 e. The van der Waals surface area contributed by atoms with Crippen molar-refractivity contribution >= 4 is 34.8 Å². The molecule has 0 aromatic heterocycles. The summed E-state index contributed by atoms with van der Waals surface area (Å²) in [4.78, 5) is 26.3. The molecule has 0 fully saturated rings. The molecule has 1 heterocycles. The van der Waals surface area contributed by atoms with Crippen molar-refractivity contribution in [3.63, 3.8) is 0 Å². The molecule has 2 aromatic carbocycles. The maximum atomic E-state index is 15.3. The molecule has 0 aliphatic carbocycles. The molecule has 2 aromatic rings. The van der Waals surface area contributed by atoms with Gasteiger partial charge in [0.05, 0.1) is 22.9 Å². The van der Waals surface area contributed by atoms with Gasteiger partial charge in [0.2, 0.25) is 5.91 Å². The summed E-state index contributed by atoms with van der Waals surface area (Å²) in [5.41, 5.74) is -0.0993. The summed E-state index contributed by atoms with van der Waals surface area (Å²) in [6.07, 6.45) is -5.76. The summed E-state index contributed by atoms with van der Waals surface area (Å²) in [6.45, 7) is 6.91. The number of anilines is 2. The summed E-state index contributed by atoms with van der Waals surface area (Å²) in [6, 6.07) is 6.23. The van der Waals surface area contributed by atoms with Gasteiger partial charge in [-0.15, -0.1) is 13.2 Å². The van der Waals surface area contributed by atoms with Crippen molar-refractivity contribution in [3.05, 3.63) is 46.7 Å². The molecule has 1 atom stereocenters. The van der Waals surface area contributed by atoms with Gasteiger partial charge in [-0.25, -0.2) is 4.39 Å². The van der Waals surface area contributed by atoms with Gasteiger partial charge in [0, 0.05) is 6.42 Å². The van der Waals surface area contributed by atoms with Crippen LogP contribution in [0.5, 0.6) is 11.5 Å². The molecule has 0 radical (unpaired) electrons. The number of alkyl halides is 3. The van der Waals surface area contributed by atoms with E-state index in [4.69, 9.17) is 16.3 Å². The van der Waals surface area contributed by atoms with E-state index in [1.807, 2.05) is 20.8 Å². The highest BCUT2D eigenvalue weighted by Gasteiger charge is 2.36. The van der Waals surface area contributed by atoms with E-state index < -0.39 is 35.8 Å². The third-order valence-corrected chi connectivity index (χ3v) is 5.10. The molecule has 0 saturated heterocycles. The first-order valence-corrected chi connectivity index (χ1v) is 10.7. The van der Waals surface area contributed by atoms with Crippen LogP contribution < -0.4 is 19.7 Å². The Morgan fingerprint density at radius 3 is 2.38 bits per heavy atom. The Morgan fingerprint density at radius 1 is 1.21 bits per heavy atom. The molecule has 1 aliphatic heterocycles. The lowest BCUT2D eigenvalue weighted by atomic mass is 9.92. The summed E-state index contributed by atoms with van der Waals surface area (Å²) < 4.78 is 61.8. The zero-order valence-corrected chi connectivity index (χ0v) is 19.6. The lowest BCUT2D eigenvalue weighted by Gasteiger charge is -2.34. The van der Waals surface area contributed by atoms with Crippen molar-refractivity contribution in [1.29, 1.82) is 0 Å². The number of amides is 2. The molecular weight excluding hydrogens is 480 g/mol. The van der Waals surface area contributed by atoms with E-state index in [9.17, 15) is 22.8 Å². The minimum atomic E-state index is -4.83. The maximum Gasteiger partial charge on any atom is 0.573 e. The number of benzene rings is 2.